The van der Waals surface area contributed by atoms with Crippen LogP contribution in [-0.4, -0.2) is 12.5 Å². The van der Waals surface area contributed by atoms with Crippen LogP contribution in [0, 0.1) is 17.7 Å². The molecule has 19 heavy (non-hydrogen) atoms. The third kappa shape index (κ3) is 3.54. The molecule has 0 aliphatic heterocycles. The standard InChI is InChI=1S/C14H18BrFN2O/c15-11-4-5-13(16)10(6-11)8-18-14(19)12-3-1-2-9(12)7-17/h4-6,9,12H,1-3,7-8,17H2,(H,18,19). The van der Waals surface area contributed by atoms with Gasteiger partial charge in [0.15, 0.2) is 0 Å². The van der Waals surface area contributed by atoms with Crippen LogP contribution in [-0.2, 0) is 11.3 Å². The van der Waals surface area contributed by atoms with Crippen molar-refractivity contribution in [2.45, 2.75) is 25.8 Å². The molecule has 1 saturated carbocycles. The van der Waals surface area contributed by atoms with E-state index in [9.17, 15) is 9.18 Å². The lowest BCUT2D eigenvalue weighted by molar-refractivity contribution is -0.126. The molecule has 104 valence electrons. The number of hydrogen-bond donors (Lipinski definition) is 2. The molecular formula is C14H18BrFN2O. The van der Waals surface area contributed by atoms with E-state index in [1.54, 1.807) is 12.1 Å². The van der Waals surface area contributed by atoms with Crippen LogP contribution in [0.2, 0.25) is 0 Å². The molecule has 3 N–H and O–H groups in total. The molecule has 0 spiro atoms. The van der Waals surface area contributed by atoms with E-state index in [-0.39, 0.29) is 30.1 Å². The Morgan fingerprint density at radius 2 is 2.26 bits per heavy atom. The predicted octanol–water partition coefficient (Wildman–Crippen LogP) is 2.58. The molecule has 1 aromatic carbocycles. The normalized spacial score (nSPS) is 22.5. The zero-order valence-electron chi connectivity index (χ0n) is 10.7. The van der Waals surface area contributed by atoms with Gasteiger partial charge in [0.1, 0.15) is 5.82 Å². The quantitative estimate of drug-likeness (QED) is 0.892. The number of hydrogen-bond acceptors (Lipinski definition) is 2. The smallest absolute Gasteiger partial charge is 0.223 e. The molecule has 1 aromatic rings. The van der Waals surface area contributed by atoms with Crippen LogP contribution in [0.4, 0.5) is 4.39 Å². The lowest BCUT2D eigenvalue weighted by Gasteiger charge is -2.17. The number of nitrogens with two attached hydrogens (primary N) is 1. The summed E-state index contributed by atoms with van der Waals surface area (Å²) in [6, 6.07) is 4.72. The molecule has 2 unspecified atom stereocenters. The van der Waals surface area contributed by atoms with Crippen LogP contribution >= 0.6 is 15.9 Å². The Hall–Kier alpha value is -0.940. The first-order valence-corrected chi connectivity index (χ1v) is 7.33. The van der Waals surface area contributed by atoms with Crippen molar-refractivity contribution in [3.63, 3.8) is 0 Å². The van der Waals surface area contributed by atoms with Crippen molar-refractivity contribution in [3.05, 3.63) is 34.1 Å². The first-order valence-electron chi connectivity index (χ1n) is 6.53. The minimum absolute atomic E-state index is 0.00711. The van der Waals surface area contributed by atoms with Gasteiger partial charge < -0.3 is 11.1 Å². The van der Waals surface area contributed by atoms with Crippen LogP contribution in [0.1, 0.15) is 24.8 Å². The van der Waals surface area contributed by atoms with E-state index in [1.165, 1.54) is 6.07 Å². The van der Waals surface area contributed by atoms with Crippen molar-refractivity contribution in [1.82, 2.24) is 5.32 Å². The van der Waals surface area contributed by atoms with E-state index < -0.39 is 0 Å². The molecule has 0 heterocycles. The molecule has 1 fully saturated rings. The average Bonchev–Trinajstić information content (AvgIpc) is 2.88. The second kappa shape index (κ2) is 6.48. The second-order valence-electron chi connectivity index (χ2n) is 4.99. The molecular weight excluding hydrogens is 311 g/mol. The molecule has 1 amide bonds. The average molecular weight is 329 g/mol. The molecule has 0 bridgehead atoms. The number of rotatable bonds is 4. The molecule has 2 rings (SSSR count). The Morgan fingerprint density at radius 3 is 3.00 bits per heavy atom. The highest BCUT2D eigenvalue weighted by Crippen LogP contribution is 2.31. The van der Waals surface area contributed by atoms with Crippen LogP contribution < -0.4 is 11.1 Å². The minimum Gasteiger partial charge on any atom is -0.352 e. The van der Waals surface area contributed by atoms with Gasteiger partial charge in [0.25, 0.3) is 0 Å². The minimum atomic E-state index is -0.301. The lowest BCUT2D eigenvalue weighted by atomic mass is 9.95. The first-order chi connectivity index (χ1) is 9.11. The van der Waals surface area contributed by atoms with E-state index in [2.05, 4.69) is 21.2 Å². The van der Waals surface area contributed by atoms with Gasteiger partial charge in [-0.15, -0.1) is 0 Å². The zero-order chi connectivity index (χ0) is 13.8. The van der Waals surface area contributed by atoms with Gasteiger partial charge in [-0.05, 0) is 43.5 Å². The van der Waals surface area contributed by atoms with E-state index in [0.717, 1.165) is 23.7 Å². The summed E-state index contributed by atoms with van der Waals surface area (Å²) in [5, 5.41) is 2.82. The summed E-state index contributed by atoms with van der Waals surface area (Å²) >= 11 is 3.29. The SMILES string of the molecule is NCC1CCCC1C(=O)NCc1cc(Br)ccc1F. The Labute approximate surface area is 120 Å². The number of amides is 1. The van der Waals surface area contributed by atoms with E-state index >= 15 is 0 Å². The van der Waals surface area contributed by atoms with Gasteiger partial charge in [-0.1, -0.05) is 22.4 Å². The van der Waals surface area contributed by atoms with E-state index in [0.29, 0.717) is 12.1 Å². The van der Waals surface area contributed by atoms with Crippen LogP contribution in [0.15, 0.2) is 22.7 Å². The summed E-state index contributed by atoms with van der Waals surface area (Å²) < 4.78 is 14.4. The summed E-state index contributed by atoms with van der Waals surface area (Å²) in [6.07, 6.45) is 2.94. The van der Waals surface area contributed by atoms with Crippen LogP contribution in [0.25, 0.3) is 0 Å². The van der Waals surface area contributed by atoms with Crippen molar-refractivity contribution in [2.24, 2.45) is 17.6 Å². The van der Waals surface area contributed by atoms with Gasteiger partial charge in [0, 0.05) is 22.5 Å². The molecule has 2 atom stereocenters. The molecule has 5 heteroatoms. The second-order valence-corrected chi connectivity index (χ2v) is 5.90. The molecule has 1 aliphatic rings. The maximum Gasteiger partial charge on any atom is 0.223 e. The number of nitrogens with one attached hydrogen (secondary N) is 1. The summed E-state index contributed by atoms with van der Waals surface area (Å²) in [5.41, 5.74) is 6.16. The third-order valence-corrected chi connectivity index (χ3v) is 4.25. The maximum absolute atomic E-state index is 13.5. The fourth-order valence-corrected chi connectivity index (χ4v) is 3.06. The van der Waals surface area contributed by atoms with Crippen molar-refractivity contribution >= 4 is 21.8 Å². The van der Waals surface area contributed by atoms with E-state index in [4.69, 9.17) is 5.73 Å². The van der Waals surface area contributed by atoms with Gasteiger partial charge in [0.05, 0.1) is 0 Å². The van der Waals surface area contributed by atoms with Crippen molar-refractivity contribution in [1.29, 1.82) is 0 Å². The summed E-state index contributed by atoms with van der Waals surface area (Å²) in [6.45, 7) is 0.765. The molecule has 3 nitrogen and oxygen atoms in total. The Balaban J connectivity index is 1.95. The monoisotopic (exact) mass is 328 g/mol. The van der Waals surface area contributed by atoms with Gasteiger partial charge >= 0.3 is 0 Å². The Bertz CT molecular complexity index is 467. The highest BCUT2D eigenvalue weighted by Gasteiger charge is 2.31. The van der Waals surface area contributed by atoms with Crippen molar-refractivity contribution in [3.8, 4) is 0 Å². The third-order valence-electron chi connectivity index (χ3n) is 3.76. The Morgan fingerprint density at radius 1 is 1.47 bits per heavy atom. The van der Waals surface area contributed by atoms with Gasteiger partial charge in [-0.2, -0.15) is 0 Å². The molecule has 0 radical (unpaired) electrons. The summed E-state index contributed by atoms with van der Waals surface area (Å²) in [7, 11) is 0. The predicted molar refractivity (Wildman–Crippen MR) is 75.8 cm³/mol. The molecule has 0 saturated heterocycles. The number of benzene rings is 1. The van der Waals surface area contributed by atoms with Gasteiger partial charge in [-0.25, -0.2) is 4.39 Å². The molecule has 1 aliphatic carbocycles. The number of halogens is 2. The maximum atomic E-state index is 13.5. The van der Waals surface area contributed by atoms with Gasteiger partial charge in [0.2, 0.25) is 5.91 Å². The number of carbonyl (C=O) groups excluding carboxylic acids is 1. The number of carbonyl (C=O) groups is 1. The summed E-state index contributed by atoms with van der Waals surface area (Å²) in [5.74, 6) is -0.0507. The summed E-state index contributed by atoms with van der Waals surface area (Å²) in [4.78, 5) is 12.1. The van der Waals surface area contributed by atoms with Crippen molar-refractivity contribution in [2.75, 3.05) is 6.54 Å². The fourth-order valence-electron chi connectivity index (χ4n) is 2.66. The zero-order valence-corrected chi connectivity index (χ0v) is 12.2. The highest BCUT2D eigenvalue weighted by atomic mass is 79.9. The van der Waals surface area contributed by atoms with Crippen LogP contribution in [0.3, 0.4) is 0 Å². The lowest BCUT2D eigenvalue weighted by Crippen LogP contribution is -2.34. The topological polar surface area (TPSA) is 55.1 Å². The van der Waals surface area contributed by atoms with Crippen LogP contribution in [0.5, 0.6) is 0 Å². The van der Waals surface area contributed by atoms with Gasteiger partial charge in [-0.3, -0.25) is 4.79 Å². The van der Waals surface area contributed by atoms with Crippen molar-refractivity contribution < 1.29 is 9.18 Å². The first kappa shape index (κ1) is 14.5. The van der Waals surface area contributed by atoms with E-state index in [1.807, 2.05) is 0 Å². The fraction of sp³-hybridized carbons (Fsp3) is 0.500. The largest absolute Gasteiger partial charge is 0.352 e. The molecule has 0 aromatic heterocycles. The Kier molecular flexibility index (Phi) is 4.93. The highest BCUT2D eigenvalue weighted by molar-refractivity contribution is 9.10.